The number of pyridine rings is 1. The van der Waals surface area contributed by atoms with E-state index >= 15 is 0 Å². The molecular weight excluding hydrogens is 316 g/mol. The zero-order chi connectivity index (χ0) is 17.1. The molecule has 0 N–H and O–H groups in total. The molecule has 2 aliphatic heterocycles. The van der Waals surface area contributed by atoms with Gasteiger partial charge in [-0.25, -0.2) is 9.97 Å². The van der Waals surface area contributed by atoms with E-state index in [0.29, 0.717) is 5.82 Å². The molecule has 2 aromatic heterocycles. The Morgan fingerprint density at radius 1 is 1.16 bits per heavy atom. The molecule has 2 aliphatic rings. The number of aromatic nitrogens is 3. The normalized spacial score (nSPS) is 20.0. The van der Waals surface area contributed by atoms with E-state index in [-0.39, 0.29) is 5.60 Å². The number of hydrogen-bond acceptors (Lipinski definition) is 6. The van der Waals surface area contributed by atoms with Gasteiger partial charge in [0.25, 0.3) is 0 Å². The van der Waals surface area contributed by atoms with Crippen LogP contribution in [-0.2, 0) is 15.9 Å². The predicted molar refractivity (Wildman–Crippen MR) is 95.6 cm³/mol. The van der Waals surface area contributed by atoms with Crippen molar-refractivity contribution in [2.75, 3.05) is 37.8 Å². The Kier molecular flexibility index (Phi) is 4.63. The molecule has 0 bridgehead atoms. The zero-order valence-electron chi connectivity index (χ0n) is 14.6. The lowest BCUT2D eigenvalue weighted by atomic mass is 9.92. The first kappa shape index (κ1) is 16.4. The van der Waals surface area contributed by atoms with E-state index in [2.05, 4.69) is 27.9 Å². The molecule has 0 unspecified atom stereocenters. The second kappa shape index (κ2) is 7.06. The molecule has 0 aromatic carbocycles. The maximum Gasteiger partial charge on any atom is 0.180 e. The van der Waals surface area contributed by atoms with Gasteiger partial charge in [-0.15, -0.1) is 0 Å². The van der Waals surface area contributed by atoms with Crippen LogP contribution in [0.4, 0.5) is 5.82 Å². The van der Waals surface area contributed by atoms with Crippen LogP contribution in [0.2, 0.25) is 0 Å². The van der Waals surface area contributed by atoms with Crippen molar-refractivity contribution < 1.29 is 9.47 Å². The van der Waals surface area contributed by atoms with E-state index in [4.69, 9.17) is 14.5 Å². The monoisotopic (exact) mass is 340 g/mol. The summed E-state index contributed by atoms with van der Waals surface area (Å²) in [7, 11) is 0. The molecule has 25 heavy (non-hydrogen) atoms. The van der Waals surface area contributed by atoms with Crippen molar-refractivity contribution in [3.05, 3.63) is 36.2 Å². The van der Waals surface area contributed by atoms with Crippen LogP contribution in [0, 0.1) is 0 Å². The summed E-state index contributed by atoms with van der Waals surface area (Å²) in [5.41, 5.74) is 1.75. The van der Waals surface area contributed by atoms with Crippen LogP contribution in [0.15, 0.2) is 30.5 Å². The topological polar surface area (TPSA) is 60.4 Å². The van der Waals surface area contributed by atoms with Crippen molar-refractivity contribution in [1.82, 2.24) is 15.0 Å². The Morgan fingerprint density at radius 3 is 2.80 bits per heavy atom. The molecule has 6 nitrogen and oxygen atoms in total. The fraction of sp³-hybridized carbons (Fsp3) is 0.526. The molecule has 6 heteroatoms. The standard InChI is InChI=1S/C19H24N4O2/c1-2-15-13-17(22-18(21-15)16-5-3-4-8-20-16)23-9-12-25-19(14-23)6-10-24-11-7-19/h3-5,8,13H,2,6-7,9-12,14H2,1H3. The van der Waals surface area contributed by atoms with Crippen molar-refractivity contribution >= 4 is 5.82 Å². The Labute approximate surface area is 148 Å². The Morgan fingerprint density at radius 2 is 2.04 bits per heavy atom. The summed E-state index contributed by atoms with van der Waals surface area (Å²) in [6.45, 7) is 6.11. The first-order valence-electron chi connectivity index (χ1n) is 9.04. The van der Waals surface area contributed by atoms with Crippen molar-refractivity contribution in [2.45, 2.75) is 31.8 Å². The van der Waals surface area contributed by atoms with Crippen LogP contribution in [0.3, 0.4) is 0 Å². The van der Waals surface area contributed by atoms with Gasteiger partial charge in [0.15, 0.2) is 5.82 Å². The van der Waals surface area contributed by atoms with Crippen molar-refractivity contribution in [1.29, 1.82) is 0 Å². The summed E-state index contributed by atoms with van der Waals surface area (Å²) in [6.07, 6.45) is 4.55. The summed E-state index contributed by atoms with van der Waals surface area (Å²) in [5, 5.41) is 0. The summed E-state index contributed by atoms with van der Waals surface area (Å²) < 4.78 is 11.7. The van der Waals surface area contributed by atoms with Gasteiger partial charge >= 0.3 is 0 Å². The Bertz CT molecular complexity index is 711. The molecule has 0 atom stereocenters. The molecule has 2 aromatic rings. The zero-order valence-corrected chi connectivity index (χ0v) is 14.6. The van der Waals surface area contributed by atoms with E-state index in [1.807, 2.05) is 18.2 Å². The number of nitrogens with zero attached hydrogens (tertiary/aromatic N) is 4. The van der Waals surface area contributed by atoms with Gasteiger partial charge in [-0.05, 0) is 18.6 Å². The first-order chi connectivity index (χ1) is 12.3. The molecule has 0 radical (unpaired) electrons. The minimum absolute atomic E-state index is 0.0982. The molecule has 4 rings (SSSR count). The number of aryl methyl sites for hydroxylation is 1. The van der Waals surface area contributed by atoms with Gasteiger partial charge < -0.3 is 14.4 Å². The summed E-state index contributed by atoms with van der Waals surface area (Å²) in [5.74, 6) is 1.67. The highest BCUT2D eigenvalue weighted by molar-refractivity contribution is 5.54. The fourth-order valence-corrected chi connectivity index (χ4v) is 3.52. The van der Waals surface area contributed by atoms with Crippen LogP contribution < -0.4 is 4.90 Å². The summed E-state index contributed by atoms with van der Waals surface area (Å²) >= 11 is 0. The van der Waals surface area contributed by atoms with Crippen LogP contribution in [0.1, 0.15) is 25.5 Å². The smallest absolute Gasteiger partial charge is 0.180 e. The molecule has 0 aliphatic carbocycles. The summed E-state index contributed by atoms with van der Waals surface area (Å²) in [4.78, 5) is 16.2. The average molecular weight is 340 g/mol. The lowest BCUT2D eigenvalue weighted by molar-refractivity contribution is -0.116. The third-order valence-corrected chi connectivity index (χ3v) is 5.00. The average Bonchev–Trinajstić information content (AvgIpc) is 2.69. The molecule has 2 fully saturated rings. The highest BCUT2D eigenvalue weighted by Crippen LogP contribution is 2.31. The SMILES string of the molecule is CCc1cc(N2CCOC3(CCOCC3)C2)nc(-c2ccccn2)n1. The lowest BCUT2D eigenvalue weighted by Gasteiger charge is -2.45. The highest BCUT2D eigenvalue weighted by atomic mass is 16.5. The van der Waals surface area contributed by atoms with E-state index in [1.165, 1.54) is 0 Å². The van der Waals surface area contributed by atoms with Crippen molar-refractivity contribution in [3.8, 4) is 11.5 Å². The van der Waals surface area contributed by atoms with Gasteiger partial charge in [0, 0.05) is 57.1 Å². The summed E-state index contributed by atoms with van der Waals surface area (Å²) in [6, 6.07) is 7.93. The largest absolute Gasteiger partial charge is 0.381 e. The number of ether oxygens (including phenoxy) is 2. The van der Waals surface area contributed by atoms with E-state index in [9.17, 15) is 0 Å². The minimum atomic E-state index is -0.0982. The molecule has 1 spiro atoms. The molecule has 4 heterocycles. The second-order valence-electron chi connectivity index (χ2n) is 6.68. The van der Waals surface area contributed by atoms with Gasteiger partial charge in [-0.1, -0.05) is 13.0 Å². The van der Waals surface area contributed by atoms with Crippen molar-refractivity contribution in [3.63, 3.8) is 0 Å². The van der Waals surface area contributed by atoms with Crippen LogP contribution in [0.5, 0.6) is 0 Å². The van der Waals surface area contributed by atoms with E-state index in [0.717, 1.165) is 69.4 Å². The van der Waals surface area contributed by atoms with Crippen molar-refractivity contribution in [2.24, 2.45) is 0 Å². The Hall–Kier alpha value is -2.05. The van der Waals surface area contributed by atoms with Gasteiger partial charge in [0.2, 0.25) is 0 Å². The number of morpholine rings is 1. The Balaban J connectivity index is 1.65. The fourth-order valence-electron chi connectivity index (χ4n) is 3.52. The molecule has 2 saturated heterocycles. The van der Waals surface area contributed by atoms with Gasteiger partial charge in [0.1, 0.15) is 11.5 Å². The third kappa shape index (κ3) is 3.50. The molecule has 132 valence electrons. The third-order valence-electron chi connectivity index (χ3n) is 5.00. The number of anilines is 1. The quantitative estimate of drug-likeness (QED) is 0.855. The molecule has 0 amide bonds. The van der Waals surface area contributed by atoms with Gasteiger partial charge in [-0.3, -0.25) is 4.98 Å². The number of hydrogen-bond donors (Lipinski definition) is 0. The minimum Gasteiger partial charge on any atom is -0.381 e. The first-order valence-corrected chi connectivity index (χ1v) is 9.04. The predicted octanol–water partition coefficient (Wildman–Crippen LogP) is 2.49. The molecule has 0 saturated carbocycles. The molecular formula is C19H24N4O2. The van der Waals surface area contributed by atoms with Gasteiger partial charge in [0.05, 0.1) is 12.2 Å². The van der Waals surface area contributed by atoms with Crippen LogP contribution in [-0.4, -0.2) is 53.5 Å². The highest BCUT2D eigenvalue weighted by Gasteiger charge is 2.38. The maximum atomic E-state index is 6.15. The van der Waals surface area contributed by atoms with E-state index < -0.39 is 0 Å². The second-order valence-corrected chi connectivity index (χ2v) is 6.68. The van der Waals surface area contributed by atoms with Crippen LogP contribution in [0.25, 0.3) is 11.5 Å². The maximum absolute atomic E-state index is 6.15. The van der Waals surface area contributed by atoms with Gasteiger partial charge in [-0.2, -0.15) is 0 Å². The number of rotatable bonds is 3. The van der Waals surface area contributed by atoms with Crippen LogP contribution >= 0.6 is 0 Å². The lowest BCUT2D eigenvalue weighted by Crippen LogP contribution is -2.54. The van der Waals surface area contributed by atoms with E-state index in [1.54, 1.807) is 6.20 Å².